The third-order valence-corrected chi connectivity index (χ3v) is 5.12. The number of hydrogen-bond acceptors (Lipinski definition) is 2. The summed E-state index contributed by atoms with van der Waals surface area (Å²) in [5.41, 5.74) is 6.46. The second-order valence-corrected chi connectivity index (χ2v) is 8.06. The lowest BCUT2D eigenvalue weighted by molar-refractivity contribution is -0.129. The van der Waals surface area contributed by atoms with Crippen molar-refractivity contribution in [3.63, 3.8) is 0 Å². The molecule has 0 unspecified atom stereocenters. The fourth-order valence-corrected chi connectivity index (χ4v) is 3.13. The van der Waals surface area contributed by atoms with Gasteiger partial charge in [0.2, 0.25) is 0 Å². The molecule has 3 aromatic rings. The van der Waals surface area contributed by atoms with Gasteiger partial charge < -0.3 is 10.2 Å². The number of aliphatic hydroxyl groups is 1. The zero-order chi connectivity index (χ0) is 24.8. The van der Waals surface area contributed by atoms with Crippen LogP contribution in [0.15, 0.2) is 91.5 Å². The van der Waals surface area contributed by atoms with Crippen molar-refractivity contribution in [1.82, 2.24) is 0 Å². The van der Waals surface area contributed by atoms with Gasteiger partial charge >= 0.3 is 5.97 Å². The van der Waals surface area contributed by atoms with Crippen molar-refractivity contribution in [2.75, 3.05) is 0 Å². The number of aliphatic carboxylic acids is 1. The molecule has 3 aromatic carbocycles. The molecule has 0 aromatic heterocycles. The van der Waals surface area contributed by atoms with Crippen molar-refractivity contribution in [2.24, 2.45) is 0 Å². The molecule has 0 aliphatic heterocycles. The highest BCUT2D eigenvalue weighted by molar-refractivity contribution is 7.26. The van der Waals surface area contributed by atoms with Gasteiger partial charge in [-0.05, 0) is 61.6 Å². The third-order valence-electron chi connectivity index (χ3n) is 4.76. The molecule has 0 saturated carbocycles. The number of hydrogen-bond donors (Lipinski definition) is 2. The summed E-state index contributed by atoms with van der Waals surface area (Å²) in [6.45, 7) is 11.5. The average Bonchev–Trinajstić information content (AvgIpc) is 2.80. The van der Waals surface area contributed by atoms with E-state index in [2.05, 4.69) is 46.6 Å². The SMILES string of the molecule is C/C(=C\C(=P)C(=O)O)c1ccccc1C.C=C(O)c1cccc(C)c1.CCc1ccccc1. The van der Waals surface area contributed by atoms with E-state index in [0.29, 0.717) is 0 Å². The largest absolute Gasteiger partial charge is 0.508 e. The van der Waals surface area contributed by atoms with E-state index in [1.807, 2.05) is 75.4 Å². The van der Waals surface area contributed by atoms with E-state index < -0.39 is 5.97 Å². The first-order chi connectivity index (χ1) is 15.6. The monoisotopic (exact) mass is 460 g/mol. The molecule has 4 heteroatoms. The standard InChI is InChI=1S/C12H13O2P.C9H10O.C8H10/c1-8-5-3-4-6-10(8)9(2)7-11(15)12(13)14;1-7-4-3-5-9(6-7)8(2)10;1-2-8-6-4-3-5-7-8/h3-7,15H,1-2H3,(H,13,14);3-6,10H,2H2,1H3;3-7H,2H2,1H3/b9-7+;;. The van der Waals surface area contributed by atoms with Gasteiger partial charge in [-0.3, -0.25) is 0 Å². The number of carbonyl (C=O) groups is 1. The van der Waals surface area contributed by atoms with Crippen LogP contribution in [0.3, 0.4) is 0 Å². The van der Waals surface area contributed by atoms with Crippen molar-refractivity contribution < 1.29 is 15.0 Å². The van der Waals surface area contributed by atoms with Gasteiger partial charge in [-0.2, -0.15) is 0 Å². The van der Waals surface area contributed by atoms with E-state index in [-0.39, 0.29) is 11.1 Å². The highest BCUT2D eigenvalue weighted by atomic mass is 31.0. The maximum absolute atomic E-state index is 10.6. The van der Waals surface area contributed by atoms with Crippen LogP contribution in [0.25, 0.3) is 11.3 Å². The Balaban J connectivity index is 0.000000262. The van der Waals surface area contributed by atoms with Crippen molar-refractivity contribution in [3.05, 3.63) is 119 Å². The zero-order valence-electron chi connectivity index (χ0n) is 19.8. The van der Waals surface area contributed by atoms with Gasteiger partial charge in [-0.1, -0.05) is 91.9 Å². The zero-order valence-corrected chi connectivity index (χ0v) is 20.8. The van der Waals surface area contributed by atoms with Gasteiger partial charge in [0.25, 0.3) is 0 Å². The lowest BCUT2D eigenvalue weighted by Crippen LogP contribution is -2.06. The van der Waals surface area contributed by atoms with Crippen LogP contribution in [-0.2, 0) is 11.2 Å². The summed E-state index contributed by atoms with van der Waals surface area (Å²) >= 11 is 0. The van der Waals surface area contributed by atoms with Crippen LogP contribution in [-0.4, -0.2) is 21.5 Å². The molecule has 3 rings (SSSR count). The molecule has 0 atom stereocenters. The molecular weight excluding hydrogens is 427 g/mol. The summed E-state index contributed by atoms with van der Waals surface area (Å²) in [5, 5.41) is 17.8. The molecule has 0 aliphatic carbocycles. The van der Waals surface area contributed by atoms with E-state index in [9.17, 15) is 4.79 Å². The molecule has 0 amide bonds. The molecule has 3 nitrogen and oxygen atoms in total. The maximum atomic E-state index is 10.6. The fourth-order valence-electron chi connectivity index (χ4n) is 2.91. The van der Waals surface area contributed by atoms with Crippen LogP contribution >= 0.6 is 8.86 Å². The molecule has 0 fully saturated rings. The van der Waals surface area contributed by atoms with Gasteiger partial charge in [-0.15, -0.1) is 8.86 Å². The minimum atomic E-state index is -0.959. The minimum Gasteiger partial charge on any atom is -0.508 e. The topological polar surface area (TPSA) is 57.5 Å². The van der Waals surface area contributed by atoms with Crippen molar-refractivity contribution in [1.29, 1.82) is 0 Å². The Labute approximate surface area is 200 Å². The third kappa shape index (κ3) is 10.6. The molecular formula is C29H33O3P. The summed E-state index contributed by atoms with van der Waals surface area (Å²) in [4.78, 5) is 10.6. The highest BCUT2D eigenvalue weighted by Gasteiger charge is 2.04. The maximum Gasteiger partial charge on any atom is 0.339 e. The van der Waals surface area contributed by atoms with Crippen LogP contribution in [0.4, 0.5) is 0 Å². The number of carboxylic acid groups (broad SMARTS) is 1. The number of allylic oxidation sites excluding steroid dienone is 1. The van der Waals surface area contributed by atoms with E-state index in [4.69, 9.17) is 10.2 Å². The van der Waals surface area contributed by atoms with Crippen molar-refractivity contribution in [2.45, 2.75) is 34.1 Å². The van der Waals surface area contributed by atoms with Gasteiger partial charge in [0, 0.05) is 5.56 Å². The Hall–Kier alpha value is -3.42. The summed E-state index contributed by atoms with van der Waals surface area (Å²) < 4.78 is 0. The normalized spacial score (nSPS) is 10.1. The first-order valence-electron chi connectivity index (χ1n) is 10.7. The van der Waals surface area contributed by atoms with Crippen LogP contribution < -0.4 is 0 Å². The Morgan fingerprint density at radius 3 is 2.00 bits per heavy atom. The molecule has 2 N–H and O–H groups in total. The van der Waals surface area contributed by atoms with Gasteiger partial charge in [0.1, 0.15) is 5.76 Å². The van der Waals surface area contributed by atoms with Gasteiger partial charge in [-0.25, -0.2) is 4.79 Å². The van der Waals surface area contributed by atoms with Gasteiger partial charge in [0.05, 0.1) is 5.29 Å². The fraction of sp³-hybridized carbons (Fsp3) is 0.172. The Morgan fingerprint density at radius 2 is 1.55 bits per heavy atom. The summed E-state index contributed by atoms with van der Waals surface area (Å²) in [6, 6.07) is 25.9. The lowest BCUT2D eigenvalue weighted by atomic mass is 10.0. The second kappa shape index (κ2) is 14.6. The summed E-state index contributed by atoms with van der Waals surface area (Å²) in [7, 11) is 3.06. The summed E-state index contributed by atoms with van der Waals surface area (Å²) in [6.07, 6.45) is 2.75. The first kappa shape index (κ1) is 27.6. The number of rotatable bonds is 5. The average molecular weight is 461 g/mol. The molecule has 0 spiro atoms. The Morgan fingerprint density at radius 1 is 0.939 bits per heavy atom. The minimum absolute atomic E-state index is 0.128. The summed E-state index contributed by atoms with van der Waals surface area (Å²) in [5.74, 6) is -0.830. The van der Waals surface area contributed by atoms with E-state index in [1.54, 1.807) is 6.08 Å². The first-order valence-corrected chi connectivity index (χ1v) is 11.2. The van der Waals surface area contributed by atoms with E-state index in [0.717, 1.165) is 34.2 Å². The predicted octanol–water partition coefficient (Wildman–Crippen LogP) is 7.57. The predicted molar refractivity (Wildman–Crippen MR) is 144 cm³/mol. The Kier molecular flexibility index (Phi) is 12.2. The molecule has 0 aliphatic rings. The smallest absolute Gasteiger partial charge is 0.339 e. The number of carboxylic acids is 1. The van der Waals surface area contributed by atoms with Crippen LogP contribution in [0.2, 0.25) is 0 Å². The second-order valence-electron chi connectivity index (χ2n) is 7.52. The quantitative estimate of drug-likeness (QED) is 0.305. The number of benzene rings is 3. The van der Waals surface area contributed by atoms with E-state index >= 15 is 0 Å². The molecule has 0 saturated heterocycles. The molecule has 0 radical (unpaired) electrons. The molecule has 33 heavy (non-hydrogen) atoms. The van der Waals surface area contributed by atoms with Crippen LogP contribution in [0.1, 0.15) is 41.7 Å². The Bertz CT molecular complexity index is 1100. The van der Waals surface area contributed by atoms with Crippen molar-refractivity contribution >= 4 is 31.5 Å². The lowest BCUT2D eigenvalue weighted by Gasteiger charge is -2.05. The van der Waals surface area contributed by atoms with Crippen molar-refractivity contribution in [3.8, 4) is 0 Å². The van der Waals surface area contributed by atoms with Crippen LogP contribution in [0.5, 0.6) is 0 Å². The number of aliphatic hydroxyl groups excluding tert-OH is 1. The van der Waals surface area contributed by atoms with E-state index in [1.165, 1.54) is 5.56 Å². The van der Waals surface area contributed by atoms with Gasteiger partial charge in [0.15, 0.2) is 0 Å². The molecule has 0 bridgehead atoms. The number of aryl methyl sites for hydroxylation is 3. The molecule has 0 heterocycles. The molecule has 172 valence electrons. The highest BCUT2D eigenvalue weighted by Crippen LogP contribution is 2.18. The van der Waals surface area contributed by atoms with Crippen LogP contribution in [0, 0.1) is 13.8 Å².